The lowest BCUT2D eigenvalue weighted by atomic mass is 10.1. The molecular weight excluding hydrogens is 489 g/mol. The van der Waals surface area contributed by atoms with E-state index in [-0.39, 0.29) is 24.0 Å². The molecule has 7 nitrogen and oxygen atoms in total. The van der Waals surface area contributed by atoms with Crippen molar-refractivity contribution in [2.75, 3.05) is 7.05 Å². The molecule has 0 radical (unpaired) electrons. The monoisotopic (exact) mass is 521 g/mol. The van der Waals surface area contributed by atoms with E-state index in [0.29, 0.717) is 19.0 Å². The zero-order valence-electron chi connectivity index (χ0n) is 18.4. The molecule has 30 heavy (non-hydrogen) atoms. The second kappa shape index (κ2) is 11.1. The number of para-hydroxylation sites is 1. The van der Waals surface area contributed by atoms with Crippen molar-refractivity contribution in [3.05, 3.63) is 65.5 Å². The zero-order chi connectivity index (χ0) is 20.8. The topological polar surface area (TPSA) is 72.1 Å². The quantitative estimate of drug-likeness (QED) is 0.282. The van der Waals surface area contributed by atoms with Crippen LogP contribution >= 0.6 is 24.0 Å². The molecule has 2 aromatic heterocycles. The Morgan fingerprint density at radius 2 is 1.87 bits per heavy atom. The Hall–Kier alpha value is -2.36. The van der Waals surface area contributed by atoms with E-state index >= 15 is 0 Å². The lowest BCUT2D eigenvalue weighted by Gasteiger charge is -2.16. The van der Waals surface area contributed by atoms with Crippen molar-refractivity contribution < 1.29 is 0 Å². The van der Waals surface area contributed by atoms with E-state index in [1.165, 1.54) is 0 Å². The minimum atomic E-state index is 0. The Kier molecular flexibility index (Phi) is 8.88. The molecule has 0 amide bonds. The van der Waals surface area contributed by atoms with Gasteiger partial charge >= 0.3 is 0 Å². The van der Waals surface area contributed by atoms with Crippen molar-refractivity contribution in [3.63, 3.8) is 0 Å². The van der Waals surface area contributed by atoms with Gasteiger partial charge in [-0.3, -0.25) is 4.99 Å². The SMILES string of the molecule is CN=C(NCc1ccccc1-n1nc(C)cc1C)NCc1nccn1CC(C)C.I. The molecule has 0 aliphatic carbocycles. The van der Waals surface area contributed by atoms with Crippen LogP contribution in [0.3, 0.4) is 0 Å². The van der Waals surface area contributed by atoms with Crippen molar-refractivity contribution in [1.29, 1.82) is 0 Å². The second-order valence-electron chi connectivity index (χ2n) is 7.64. The molecule has 0 saturated carbocycles. The van der Waals surface area contributed by atoms with Crippen LogP contribution in [-0.2, 0) is 19.6 Å². The largest absolute Gasteiger partial charge is 0.352 e. The molecule has 2 N–H and O–H groups in total. The van der Waals surface area contributed by atoms with Gasteiger partial charge in [0.2, 0.25) is 0 Å². The lowest BCUT2D eigenvalue weighted by Crippen LogP contribution is -2.37. The summed E-state index contributed by atoms with van der Waals surface area (Å²) in [7, 11) is 1.78. The fraction of sp³-hybridized carbons (Fsp3) is 0.409. The summed E-state index contributed by atoms with van der Waals surface area (Å²) >= 11 is 0. The summed E-state index contributed by atoms with van der Waals surface area (Å²) in [5.74, 6) is 2.32. The van der Waals surface area contributed by atoms with E-state index in [0.717, 1.165) is 41.0 Å². The minimum absolute atomic E-state index is 0. The van der Waals surface area contributed by atoms with Gasteiger partial charge in [0.25, 0.3) is 0 Å². The number of nitrogens with zero attached hydrogens (tertiary/aromatic N) is 5. The van der Waals surface area contributed by atoms with Crippen LogP contribution in [0, 0.1) is 19.8 Å². The van der Waals surface area contributed by atoms with E-state index in [4.69, 9.17) is 0 Å². The highest BCUT2D eigenvalue weighted by Crippen LogP contribution is 2.16. The van der Waals surface area contributed by atoms with Crippen molar-refractivity contribution in [3.8, 4) is 5.69 Å². The fourth-order valence-electron chi connectivity index (χ4n) is 3.37. The highest BCUT2D eigenvalue weighted by molar-refractivity contribution is 14.0. The number of aliphatic imine (C=N–C) groups is 1. The zero-order valence-corrected chi connectivity index (χ0v) is 20.7. The molecule has 3 rings (SSSR count). The van der Waals surface area contributed by atoms with Gasteiger partial charge in [-0.25, -0.2) is 9.67 Å². The van der Waals surface area contributed by atoms with E-state index in [1.54, 1.807) is 7.05 Å². The van der Waals surface area contributed by atoms with Gasteiger partial charge < -0.3 is 15.2 Å². The maximum Gasteiger partial charge on any atom is 0.191 e. The smallest absolute Gasteiger partial charge is 0.191 e. The van der Waals surface area contributed by atoms with Crippen LogP contribution in [0.15, 0.2) is 47.7 Å². The molecule has 3 aromatic rings. The van der Waals surface area contributed by atoms with Crippen LogP contribution < -0.4 is 10.6 Å². The highest BCUT2D eigenvalue weighted by atomic mass is 127. The highest BCUT2D eigenvalue weighted by Gasteiger charge is 2.10. The van der Waals surface area contributed by atoms with Gasteiger partial charge in [0.15, 0.2) is 5.96 Å². The van der Waals surface area contributed by atoms with Gasteiger partial charge in [0, 0.05) is 38.2 Å². The molecule has 0 aliphatic rings. The number of rotatable bonds is 7. The van der Waals surface area contributed by atoms with Gasteiger partial charge in [-0.1, -0.05) is 32.0 Å². The number of hydrogen-bond acceptors (Lipinski definition) is 3. The first-order valence-electron chi connectivity index (χ1n) is 10.0. The van der Waals surface area contributed by atoms with Gasteiger partial charge in [-0.15, -0.1) is 24.0 Å². The molecule has 0 atom stereocenters. The van der Waals surface area contributed by atoms with Crippen LogP contribution in [0.5, 0.6) is 0 Å². The van der Waals surface area contributed by atoms with E-state index in [9.17, 15) is 0 Å². The summed E-state index contributed by atoms with van der Waals surface area (Å²) in [6.07, 6.45) is 3.87. The average Bonchev–Trinajstić information content (AvgIpc) is 3.27. The van der Waals surface area contributed by atoms with Gasteiger partial charge in [-0.05, 0) is 37.5 Å². The summed E-state index contributed by atoms with van der Waals surface area (Å²) in [6.45, 7) is 10.7. The molecule has 1 aromatic carbocycles. The minimum Gasteiger partial charge on any atom is -0.352 e. The molecule has 0 unspecified atom stereocenters. The number of imidazole rings is 1. The van der Waals surface area contributed by atoms with Crippen molar-refractivity contribution in [2.45, 2.75) is 47.3 Å². The van der Waals surface area contributed by atoms with E-state index < -0.39 is 0 Å². The molecule has 162 valence electrons. The normalized spacial score (nSPS) is 11.5. The van der Waals surface area contributed by atoms with Crippen molar-refractivity contribution in [1.82, 2.24) is 30.0 Å². The third-order valence-corrected chi connectivity index (χ3v) is 4.68. The standard InChI is InChI=1S/C22H31N7.HI/c1-16(2)15-28-11-10-24-21(28)14-26-22(23-5)25-13-19-8-6-7-9-20(19)29-18(4)12-17(3)27-29;/h6-12,16H,13-15H2,1-5H3,(H2,23,25,26);1H. The number of nitrogens with one attached hydrogen (secondary N) is 2. The molecule has 0 spiro atoms. The van der Waals surface area contributed by atoms with Crippen LogP contribution in [0.25, 0.3) is 5.69 Å². The number of hydrogen-bond donors (Lipinski definition) is 2. The van der Waals surface area contributed by atoms with Crippen LogP contribution in [0.1, 0.15) is 36.6 Å². The average molecular weight is 521 g/mol. The molecule has 0 saturated heterocycles. The second-order valence-corrected chi connectivity index (χ2v) is 7.64. The fourth-order valence-corrected chi connectivity index (χ4v) is 3.37. The summed E-state index contributed by atoms with van der Waals surface area (Å²) in [5.41, 5.74) is 4.37. The van der Waals surface area contributed by atoms with E-state index in [2.05, 4.69) is 69.2 Å². The molecule has 2 heterocycles. The Balaban J connectivity index is 0.00000320. The van der Waals surface area contributed by atoms with E-state index in [1.807, 2.05) is 36.1 Å². The Morgan fingerprint density at radius 1 is 1.13 bits per heavy atom. The van der Waals surface area contributed by atoms with Gasteiger partial charge in [0.1, 0.15) is 5.82 Å². The molecule has 8 heteroatoms. The predicted molar refractivity (Wildman–Crippen MR) is 133 cm³/mol. The first-order valence-corrected chi connectivity index (χ1v) is 10.0. The molecule has 0 aliphatic heterocycles. The van der Waals surface area contributed by atoms with Gasteiger partial charge in [-0.2, -0.15) is 5.10 Å². The number of halogens is 1. The van der Waals surface area contributed by atoms with Crippen LogP contribution in [-0.4, -0.2) is 32.3 Å². The Morgan fingerprint density at radius 3 is 2.53 bits per heavy atom. The number of benzene rings is 1. The van der Waals surface area contributed by atoms with Crippen LogP contribution in [0.4, 0.5) is 0 Å². The summed E-state index contributed by atoms with van der Waals surface area (Å²) < 4.78 is 4.17. The van der Waals surface area contributed by atoms with Crippen molar-refractivity contribution >= 4 is 29.9 Å². The van der Waals surface area contributed by atoms with Crippen molar-refractivity contribution in [2.24, 2.45) is 10.9 Å². The first-order chi connectivity index (χ1) is 14.0. The number of aryl methyl sites for hydroxylation is 2. The maximum absolute atomic E-state index is 4.62. The molecule has 0 fully saturated rings. The number of guanidine groups is 1. The Bertz CT molecular complexity index is 972. The molecule has 0 bridgehead atoms. The summed E-state index contributed by atoms with van der Waals surface area (Å²) in [4.78, 5) is 8.82. The Labute approximate surface area is 196 Å². The lowest BCUT2D eigenvalue weighted by molar-refractivity contribution is 0.503. The van der Waals surface area contributed by atoms with Gasteiger partial charge in [0.05, 0.1) is 17.9 Å². The third-order valence-electron chi connectivity index (χ3n) is 4.68. The molecular formula is C22H32IN7. The van der Waals surface area contributed by atoms with Crippen LogP contribution in [0.2, 0.25) is 0 Å². The first kappa shape index (κ1) is 23.9. The third kappa shape index (κ3) is 6.07. The predicted octanol–water partition coefficient (Wildman–Crippen LogP) is 3.82. The maximum atomic E-state index is 4.62. The number of aromatic nitrogens is 4. The summed E-state index contributed by atoms with van der Waals surface area (Å²) in [6, 6.07) is 10.4. The summed E-state index contributed by atoms with van der Waals surface area (Å²) in [5, 5.41) is 11.4.